The molecule has 1 rings (SSSR count). The number of nitrogens with two attached hydrogens (primary N) is 1. The Kier molecular flexibility index (Phi) is 4.94. The molecular formula is C11H22N2O3S. The quantitative estimate of drug-likeness (QED) is 0.740. The van der Waals surface area contributed by atoms with Crippen LogP contribution < -0.4 is 11.1 Å². The molecule has 1 aliphatic carbocycles. The molecular weight excluding hydrogens is 240 g/mol. The van der Waals surface area contributed by atoms with Crippen LogP contribution >= 0.6 is 0 Å². The second-order valence-electron chi connectivity index (χ2n) is 5.05. The average Bonchev–Trinajstić information content (AvgIpc) is 2.15. The zero-order valence-corrected chi connectivity index (χ0v) is 11.3. The summed E-state index contributed by atoms with van der Waals surface area (Å²) in [7, 11) is -2.95. The Morgan fingerprint density at radius 3 is 2.65 bits per heavy atom. The molecule has 1 amide bonds. The van der Waals surface area contributed by atoms with Crippen molar-refractivity contribution < 1.29 is 13.2 Å². The Morgan fingerprint density at radius 1 is 1.47 bits per heavy atom. The van der Waals surface area contributed by atoms with Crippen LogP contribution in [0, 0.1) is 0 Å². The Hall–Kier alpha value is -0.620. The molecule has 17 heavy (non-hydrogen) atoms. The van der Waals surface area contributed by atoms with Gasteiger partial charge in [0.1, 0.15) is 9.84 Å². The molecule has 100 valence electrons. The molecule has 5 nitrogen and oxygen atoms in total. The minimum Gasteiger partial charge on any atom is -0.370 e. The van der Waals surface area contributed by atoms with Crippen LogP contribution in [0.2, 0.25) is 0 Å². The van der Waals surface area contributed by atoms with Crippen LogP contribution in [0.5, 0.6) is 0 Å². The molecule has 1 aliphatic rings. The van der Waals surface area contributed by atoms with Crippen LogP contribution in [0.15, 0.2) is 0 Å². The van der Waals surface area contributed by atoms with Gasteiger partial charge in [0.05, 0.1) is 5.25 Å². The van der Waals surface area contributed by atoms with E-state index in [4.69, 9.17) is 5.73 Å². The molecule has 0 aromatic carbocycles. The highest BCUT2D eigenvalue weighted by molar-refractivity contribution is 7.91. The fourth-order valence-electron chi connectivity index (χ4n) is 2.45. The number of sulfone groups is 1. The molecule has 0 spiro atoms. The zero-order valence-electron chi connectivity index (χ0n) is 10.5. The molecule has 0 aromatic heterocycles. The number of primary amides is 1. The molecule has 0 heterocycles. The molecule has 0 aromatic rings. The van der Waals surface area contributed by atoms with Crippen molar-refractivity contribution in [1.29, 1.82) is 0 Å². The zero-order chi connectivity index (χ0) is 13.1. The van der Waals surface area contributed by atoms with Gasteiger partial charge in [-0.2, -0.15) is 0 Å². The van der Waals surface area contributed by atoms with Crippen LogP contribution in [0.1, 0.15) is 39.0 Å². The lowest BCUT2D eigenvalue weighted by molar-refractivity contribution is -0.118. The third kappa shape index (κ3) is 5.04. The van der Waals surface area contributed by atoms with E-state index in [0.717, 1.165) is 19.3 Å². The van der Waals surface area contributed by atoms with Gasteiger partial charge in [0, 0.05) is 24.8 Å². The van der Waals surface area contributed by atoms with Gasteiger partial charge in [-0.25, -0.2) is 8.42 Å². The maximum Gasteiger partial charge on any atom is 0.218 e. The SMILES string of the molecule is CC(CC(N)=O)NC1CCCC(S(C)(=O)=O)C1. The fraction of sp³-hybridized carbons (Fsp3) is 0.909. The molecule has 6 heteroatoms. The maximum atomic E-state index is 11.5. The van der Waals surface area contributed by atoms with Crippen molar-refractivity contribution in [2.45, 2.75) is 56.4 Å². The van der Waals surface area contributed by atoms with E-state index in [-0.39, 0.29) is 23.2 Å². The van der Waals surface area contributed by atoms with Crippen molar-refractivity contribution in [3.63, 3.8) is 0 Å². The number of amides is 1. The van der Waals surface area contributed by atoms with Gasteiger partial charge in [0.25, 0.3) is 0 Å². The third-order valence-electron chi connectivity index (χ3n) is 3.26. The van der Waals surface area contributed by atoms with Gasteiger partial charge >= 0.3 is 0 Å². The molecule has 3 unspecified atom stereocenters. The van der Waals surface area contributed by atoms with Gasteiger partial charge in [0.2, 0.25) is 5.91 Å². The molecule has 3 N–H and O–H groups in total. The summed E-state index contributed by atoms with van der Waals surface area (Å²) in [5, 5.41) is 3.05. The van der Waals surface area contributed by atoms with Gasteiger partial charge in [-0.3, -0.25) is 4.79 Å². The lowest BCUT2D eigenvalue weighted by Crippen LogP contribution is -2.43. The van der Waals surface area contributed by atoms with E-state index in [1.54, 1.807) is 0 Å². The van der Waals surface area contributed by atoms with Crippen LogP contribution in [0.25, 0.3) is 0 Å². The molecule has 1 saturated carbocycles. The molecule has 0 bridgehead atoms. The third-order valence-corrected chi connectivity index (χ3v) is 4.90. The molecule has 3 atom stereocenters. The van der Waals surface area contributed by atoms with Crippen molar-refractivity contribution in [2.75, 3.05) is 6.26 Å². The van der Waals surface area contributed by atoms with E-state index in [9.17, 15) is 13.2 Å². The summed E-state index contributed by atoms with van der Waals surface area (Å²) in [6.45, 7) is 1.90. The first kappa shape index (κ1) is 14.4. The van der Waals surface area contributed by atoms with Crippen molar-refractivity contribution in [3.8, 4) is 0 Å². The lowest BCUT2D eigenvalue weighted by Gasteiger charge is -2.30. The number of carbonyl (C=O) groups is 1. The minimum absolute atomic E-state index is 0.0100. The second kappa shape index (κ2) is 5.82. The summed E-state index contributed by atoms with van der Waals surface area (Å²) in [4.78, 5) is 10.8. The van der Waals surface area contributed by atoms with Crippen LogP contribution in [-0.2, 0) is 14.6 Å². The monoisotopic (exact) mass is 262 g/mol. The topological polar surface area (TPSA) is 89.3 Å². The van der Waals surface area contributed by atoms with E-state index in [2.05, 4.69) is 5.32 Å². The predicted octanol–water partition coefficient (Wildman–Crippen LogP) is 0.196. The largest absolute Gasteiger partial charge is 0.370 e. The summed E-state index contributed by atoms with van der Waals surface area (Å²) in [6.07, 6.45) is 4.86. The molecule has 0 radical (unpaired) electrons. The van der Waals surface area contributed by atoms with Crippen molar-refractivity contribution in [2.24, 2.45) is 5.73 Å². The summed E-state index contributed by atoms with van der Waals surface area (Å²) >= 11 is 0. The van der Waals surface area contributed by atoms with Crippen molar-refractivity contribution in [1.82, 2.24) is 5.32 Å². The first-order valence-electron chi connectivity index (χ1n) is 6.02. The van der Waals surface area contributed by atoms with Gasteiger partial charge in [-0.15, -0.1) is 0 Å². The van der Waals surface area contributed by atoms with Gasteiger partial charge < -0.3 is 11.1 Å². The summed E-state index contributed by atoms with van der Waals surface area (Å²) in [5.74, 6) is -0.333. The van der Waals surface area contributed by atoms with Crippen LogP contribution in [-0.4, -0.2) is 37.9 Å². The maximum absolute atomic E-state index is 11.5. The molecule has 1 fully saturated rings. The number of nitrogens with one attached hydrogen (secondary N) is 1. The average molecular weight is 262 g/mol. The summed E-state index contributed by atoms with van der Waals surface area (Å²) in [6, 6.07) is 0.189. The normalized spacial score (nSPS) is 27.6. The Morgan fingerprint density at radius 2 is 2.12 bits per heavy atom. The van der Waals surface area contributed by atoms with E-state index < -0.39 is 9.84 Å². The predicted molar refractivity (Wildman–Crippen MR) is 67.3 cm³/mol. The highest BCUT2D eigenvalue weighted by Gasteiger charge is 2.29. The van der Waals surface area contributed by atoms with E-state index in [1.165, 1.54) is 6.26 Å². The Balaban J connectivity index is 2.47. The van der Waals surface area contributed by atoms with Crippen LogP contribution in [0.4, 0.5) is 0 Å². The van der Waals surface area contributed by atoms with E-state index in [1.807, 2.05) is 6.92 Å². The Bertz CT molecular complexity index is 367. The molecule has 0 aliphatic heterocycles. The van der Waals surface area contributed by atoms with E-state index in [0.29, 0.717) is 12.8 Å². The summed E-state index contributed by atoms with van der Waals surface area (Å²) in [5.41, 5.74) is 5.12. The van der Waals surface area contributed by atoms with Gasteiger partial charge in [0.15, 0.2) is 0 Å². The number of carbonyl (C=O) groups excluding carboxylic acids is 1. The lowest BCUT2D eigenvalue weighted by atomic mass is 9.94. The first-order valence-corrected chi connectivity index (χ1v) is 7.97. The number of hydrogen-bond acceptors (Lipinski definition) is 4. The van der Waals surface area contributed by atoms with Gasteiger partial charge in [-0.1, -0.05) is 6.42 Å². The number of rotatable bonds is 5. The second-order valence-corrected chi connectivity index (χ2v) is 7.38. The van der Waals surface area contributed by atoms with Crippen molar-refractivity contribution in [3.05, 3.63) is 0 Å². The number of hydrogen-bond donors (Lipinski definition) is 2. The standard InChI is InChI=1S/C11H22N2O3S/c1-8(6-11(12)14)13-9-4-3-5-10(7-9)17(2,15)16/h8-10,13H,3-7H2,1-2H3,(H2,12,14). The van der Waals surface area contributed by atoms with Crippen LogP contribution in [0.3, 0.4) is 0 Å². The highest BCUT2D eigenvalue weighted by atomic mass is 32.2. The highest BCUT2D eigenvalue weighted by Crippen LogP contribution is 2.24. The fourth-order valence-corrected chi connectivity index (χ4v) is 3.62. The Labute approximate surface area is 103 Å². The van der Waals surface area contributed by atoms with E-state index >= 15 is 0 Å². The van der Waals surface area contributed by atoms with Crippen molar-refractivity contribution >= 4 is 15.7 Å². The summed E-state index contributed by atoms with van der Waals surface area (Å²) < 4.78 is 23.0. The first-order chi connectivity index (χ1) is 7.79. The minimum atomic E-state index is -2.95. The molecule has 0 saturated heterocycles. The smallest absolute Gasteiger partial charge is 0.218 e. The van der Waals surface area contributed by atoms with Gasteiger partial charge in [-0.05, 0) is 26.2 Å².